The number of rotatable bonds is 6. The lowest BCUT2D eigenvalue weighted by Crippen LogP contribution is -2.54. The molecule has 0 radical (unpaired) electrons. The Morgan fingerprint density at radius 1 is 1.10 bits per heavy atom. The van der Waals surface area contributed by atoms with Gasteiger partial charge in [0.2, 0.25) is 0 Å². The van der Waals surface area contributed by atoms with Gasteiger partial charge in [-0.3, -0.25) is 4.79 Å². The Hall–Kier alpha value is -2.80. The molecule has 0 unspecified atom stereocenters. The van der Waals surface area contributed by atoms with E-state index in [1.165, 1.54) is 7.11 Å². The van der Waals surface area contributed by atoms with E-state index < -0.39 is 5.54 Å². The molecule has 0 bridgehead atoms. The van der Waals surface area contributed by atoms with Crippen molar-refractivity contribution in [1.82, 2.24) is 14.7 Å². The lowest BCUT2D eigenvalue weighted by Gasteiger charge is -2.30. The van der Waals surface area contributed by atoms with Crippen molar-refractivity contribution in [3.63, 3.8) is 0 Å². The largest absolute Gasteiger partial charge is 0.467 e. The molecule has 1 amide bonds. The van der Waals surface area contributed by atoms with E-state index in [0.717, 1.165) is 47.7 Å². The molecule has 31 heavy (non-hydrogen) atoms. The molecule has 0 atom stereocenters. The third kappa shape index (κ3) is 4.93. The number of aromatic nitrogens is 2. The Morgan fingerprint density at radius 2 is 1.84 bits per heavy atom. The van der Waals surface area contributed by atoms with Crippen LogP contribution in [0.25, 0.3) is 5.65 Å². The summed E-state index contributed by atoms with van der Waals surface area (Å²) in [5.41, 5.74) is 1.57. The second kappa shape index (κ2) is 9.56. The van der Waals surface area contributed by atoms with Gasteiger partial charge in [0.1, 0.15) is 11.2 Å². The molecule has 0 spiro atoms. The molecule has 1 fully saturated rings. The van der Waals surface area contributed by atoms with Crippen LogP contribution < -0.4 is 5.32 Å². The first-order valence-electron chi connectivity index (χ1n) is 10.7. The quantitative estimate of drug-likeness (QED) is 0.346. The smallest absolute Gasteiger partial charge is 0.331 e. The number of imidazole rings is 1. The highest BCUT2D eigenvalue weighted by Gasteiger charge is 2.41. The van der Waals surface area contributed by atoms with Crippen molar-refractivity contribution in [2.45, 2.75) is 54.7 Å². The van der Waals surface area contributed by atoms with Crippen LogP contribution in [-0.4, -0.2) is 33.9 Å². The van der Waals surface area contributed by atoms with Crippen LogP contribution in [0.15, 0.2) is 59.8 Å². The van der Waals surface area contributed by atoms with Crippen LogP contribution in [0.3, 0.4) is 0 Å². The van der Waals surface area contributed by atoms with E-state index in [9.17, 15) is 9.59 Å². The molecular weight excluding hydrogens is 410 g/mol. The minimum absolute atomic E-state index is 0.232. The number of esters is 1. The van der Waals surface area contributed by atoms with Gasteiger partial charge in [0.15, 0.2) is 0 Å². The van der Waals surface area contributed by atoms with Crippen LogP contribution in [0.5, 0.6) is 0 Å². The maximum atomic E-state index is 12.9. The Kier molecular flexibility index (Phi) is 6.61. The summed E-state index contributed by atoms with van der Waals surface area (Å²) in [6, 6.07) is 13.4. The van der Waals surface area contributed by atoms with Crippen LogP contribution in [0.4, 0.5) is 0 Å². The van der Waals surface area contributed by atoms with Crippen LogP contribution in [-0.2, 0) is 15.3 Å². The number of methoxy groups -OCH3 is 1. The molecule has 0 saturated heterocycles. The zero-order valence-corrected chi connectivity index (χ0v) is 18.5. The Balaban J connectivity index is 1.40. The molecule has 7 heteroatoms. The fraction of sp³-hybridized carbons (Fsp3) is 0.375. The van der Waals surface area contributed by atoms with Crippen molar-refractivity contribution < 1.29 is 14.3 Å². The molecule has 162 valence electrons. The summed E-state index contributed by atoms with van der Waals surface area (Å²) in [6.45, 7) is 0. The molecule has 6 nitrogen and oxygen atoms in total. The van der Waals surface area contributed by atoms with Gasteiger partial charge < -0.3 is 14.5 Å². The van der Waals surface area contributed by atoms with E-state index in [2.05, 4.69) is 10.3 Å². The van der Waals surface area contributed by atoms with Gasteiger partial charge in [-0.2, -0.15) is 0 Å². The molecule has 1 saturated carbocycles. The van der Waals surface area contributed by atoms with Crippen molar-refractivity contribution in [1.29, 1.82) is 0 Å². The summed E-state index contributed by atoms with van der Waals surface area (Å²) in [4.78, 5) is 31.1. The predicted octanol–water partition coefficient (Wildman–Crippen LogP) is 4.62. The zero-order valence-electron chi connectivity index (χ0n) is 17.7. The molecule has 1 aromatic carbocycles. The van der Waals surface area contributed by atoms with Crippen LogP contribution in [0.1, 0.15) is 54.6 Å². The van der Waals surface area contributed by atoms with E-state index in [1.807, 2.05) is 59.3 Å². The summed E-state index contributed by atoms with van der Waals surface area (Å²) in [6.07, 6.45) is 9.24. The minimum Gasteiger partial charge on any atom is -0.467 e. The average molecular weight is 438 g/mol. The molecule has 3 aromatic rings. The molecule has 2 aromatic heterocycles. The lowest BCUT2D eigenvalue weighted by molar-refractivity contribution is -0.148. The first kappa shape index (κ1) is 21.4. The number of nitrogens with one attached hydrogen (secondary N) is 1. The number of amides is 1. The first-order valence-corrected chi connectivity index (χ1v) is 11.6. The van der Waals surface area contributed by atoms with Gasteiger partial charge in [-0.1, -0.05) is 31.7 Å². The Morgan fingerprint density at radius 3 is 2.52 bits per heavy atom. The van der Waals surface area contributed by atoms with Gasteiger partial charge in [-0.15, -0.1) is 11.8 Å². The number of hydrogen-bond acceptors (Lipinski definition) is 5. The van der Waals surface area contributed by atoms with Gasteiger partial charge in [0.25, 0.3) is 5.91 Å². The predicted molar refractivity (Wildman–Crippen MR) is 121 cm³/mol. The standard InChI is InChI=1S/C24H27N3O3S/c1-30-23(29)24(13-5-2-3-6-14-24)26-22(28)18-9-11-20(12-10-18)31-17-19-16-27-15-7-4-8-21(27)25-19/h4,7-12,15-16H,2-3,5-6,13-14,17H2,1H3,(H,26,28). The van der Waals surface area contributed by atoms with E-state index in [0.29, 0.717) is 18.4 Å². The van der Waals surface area contributed by atoms with E-state index in [1.54, 1.807) is 11.8 Å². The summed E-state index contributed by atoms with van der Waals surface area (Å²) in [7, 11) is 1.39. The average Bonchev–Trinajstić information content (AvgIpc) is 3.07. The zero-order chi connectivity index (χ0) is 21.7. The van der Waals surface area contributed by atoms with Crippen molar-refractivity contribution in [2.24, 2.45) is 0 Å². The number of ether oxygens (including phenoxy) is 1. The van der Waals surface area contributed by atoms with Gasteiger partial charge >= 0.3 is 5.97 Å². The van der Waals surface area contributed by atoms with Crippen molar-refractivity contribution in [2.75, 3.05) is 7.11 Å². The maximum Gasteiger partial charge on any atom is 0.331 e. The summed E-state index contributed by atoms with van der Waals surface area (Å²) >= 11 is 1.67. The third-order valence-electron chi connectivity index (χ3n) is 5.80. The van der Waals surface area contributed by atoms with Crippen molar-refractivity contribution in [3.8, 4) is 0 Å². The van der Waals surface area contributed by atoms with E-state index >= 15 is 0 Å². The molecule has 4 rings (SSSR count). The first-order chi connectivity index (χ1) is 15.1. The van der Waals surface area contributed by atoms with E-state index in [4.69, 9.17) is 4.74 Å². The topological polar surface area (TPSA) is 72.7 Å². The Bertz CT molecular complexity index is 1020. The monoisotopic (exact) mass is 437 g/mol. The highest BCUT2D eigenvalue weighted by atomic mass is 32.2. The van der Waals surface area contributed by atoms with Crippen molar-refractivity contribution >= 4 is 29.3 Å². The second-order valence-corrected chi connectivity index (χ2v) is 9.00. The van der Waals surface area contributed by atoms with Crippen molar-refractivity contribution in [3.05, 3.63) is 66.1 Å². The maximum absolute atomic E-state index is 12.9. The number of fused-ring (bicyclic) bond motifs is 1. The summed E-state index contributed by atoms with van der Waals surface area (Å²) < 4.78 is 7.04. The molecular formula is C24H27N3O3S. The molecule has 1 aliphatic carbocycles. The number of carbonyl (C=O) groups is 2. The number of nitrogens with zero attached hydrogens (tertiary/aromatic N) is 2. The number of benzene rings is 1. The Labute approximate surface area is 186 Å². The minimum atomic E-state index is -0.918. The number of pyridine rings is 1. The third-order valence-corrected chi connectivity index (χ3v) is 6.85. The van der Waals surface area contributed by atoms with Crippen LogP contribution in [0.2, 0.25) is 0 Å². The van der Waals surface area contributed by atoms with Crippen LogP contribution in [0, 0.1) is 0 Å². The normalized spacial score (nSPS) is 15.9. The SMILES string of the molecule is COC(=O)C1(NC(=O)c2ccc(SCc3cn4ccccc4n3)cc2)CCCCCC1. The molecule has 2 heterocycles. The van der Waals surface area contributed by atoms with Gasteiger partial charge in [0.05, 0.1) is 12.8 Å². The highest BCUT2D eigenvalue weighted by Crippen LogP contribution is 2.29. The summed E-state index contributed by atoms with van der Waals surface area (Å²) in [5, 5.41) is 3.00. The molecule has 1 aliphatic rings. The fourth-order valence-electron chi connectivity index (χ4n) is 4.11. The number of hydrogen-bond donors (Lipinski definition) is 1. The second-order valence-electron chi connectivity index (χ2n) is 7.95. The number of carbonyl (C=O) groups excluding carboxylic acids is 2. The van der Waals surface area contributed by atoms with E-state index in [-0.39, 0.29) is 11.9 Å². The molecule has 1 N–H and O–H groups in total. The van der Waals surface area contributed by atoms with Gasteiger partial charge in [-0.05, 0) is 49.2 Å². The van der Waals surface area contributed by atoms with Crippen LogP contribution >= 0.6 is 11.8 Å². The van der Waals surface area contributed by atoms with Gasteiger partial charge in [0, 0.05) is 28.6 Å². The highest BCUT2D eigenvalue weighted by molar-refractivity contribution is 7.98. The summed E-state index contributed by atoms with van der Waals surface area (Å²) in [5.74, 6) is 0.171. The fourth-order valence-corrected chi connectivity index (χ4v) is 4.90. The molecule has 0 aliphatic heterocycles. The van der Waals surface area contributed by atoms with Gasteiger partial charge in [-0.25, -0.2) is 9.78 Å². The lowest BCUT2D eigenvalue weighted by atomic mass is 9.89. The number of thioether (sulfide) groups is 1.